The normalized spacial score (nSPS) is 18.8. The number of fused-ring (bicyclic) bond motifs is 1. The van der Waals surface area contributed by atoms with Gasteiger partial charge in [-0.1, -0.05) is 23.7 Å². The lowest BCUT2D eigenvalue weighted by Crippen LogP contribution is -2.44. The van der Waals surface area contributed by atoms with Crippen LogP contribution < -0.4 is 0 Å². The van der Waals surface area contributed by atoms with E-state index in [4.69, 9.17) is 16.6 Å². The van der Waals surface area contributed by atoms with Gasteiger partial charge in [-0.15, -0.1) is 0 Å². The fourth-order valence-electron chi connectivity index (χ4n) is 4.69. The summed E-state index contributed by atoms with van der Waals surface area (Å²) in [7, 11) is 2.01. The first-order valence-electron chi connectivity index (χ1n) is 10.3. The second kappa shape index (κ2) is 7.20. The first kappa shape index (κ1) is 19.8. The number of halogens is 1. The number of benzene rings is 2. The lowest BCUT2D eigenvalue weighted by Gasteiger charge is -2.35. The Kier molecular flexibility index (Phi) is 4.59. The molecule has 0 spiro atoms. The number of hydrogen-bond donors (Lipinski definition) is 0. The highest BCUT2D eigenvalue weighted by atomic mass is 35.5. The van der Waals surface area contributed by atoms with E-state index in [2.05, 4.69) is 21.7 Å². The molecule has 0 saturated carbocycles. The summed E-state index contributed by atoms with van der Waals surface area (Å²) in [5.74, 6) is 0.822. The molecular formula is C23H23ClN6O. The molecule has 0 aliphatic carbocycles. The van der Waals surface area contributed by atoms with E-state index in [1.54, 1.807) is 12.4 Å². The Morgan fingerprint density at radius 2 is 1.87 bits per heavy atom. The number of para-hydroxylation sites is 1. The minimum Gasteiger partial charge on any atom is -0.329 e. The Balaban J connectivity index is 1.61. The van der Waals surface area contributed by atoms with Crippen molar-refractivity contribution in [2.24, 2.45) is 7.05 Å². The van der Waals surface area contributed by atoms with Gasteiger partial charge in [0.2, 0.25) is 0 Å². The fraction of sp³-hybridized carbons (Fsp3) is 0.304. The molecule has 1 fully saturated rings. The molecule has 31 heavy (non-hydrogen) atoms. The third-order valence-corrected chi connectivity index (χ3v) is 6.79. The van der Waals surface area contributed by atoms with Gasteiger partial charge in [0.25, 0.3) is 5.91 Å². The van der Waals surface area contributed by atoms with Crippen LogP contribution in [0.1, 0.15) is 41.5 Å². The maximum atomic E-state index is 13.8. The first-order chi connectivity index (χ1) is 14.9. The number of carbonyl (C=O) groups excluding carboxylic acids is 1. The van der Waals surface area contributed by atoms with E-state index in [9.17, 15) is 4.79 Å². The van der Waals surface area contributed by atoms with Crippen molar-refractivity contribution in [2.75, 3.05) is 6.54 Å². The van der Waals surface area contributed by atoms with Crippen LogP contribution in [-0.4, -0.2) is 41.9 Å². The van der Waals surface area contributed by atoms with Crippen LogP contribution in [0.15, 0.2) is 48.8 Å². The van der Waals surface area contributed by atoms with Gasteiger partial charge in [0, 0.05) is 18.6 Å². The smallest absolute Gasteiger partial charge is 0.256 e. The number of carbonyl (C=O) groups is 1. The standard InChI is InChI=1S/C23H23ClN6O/c1-15-17(24)9-10-19-20(15)27-22(28(19)3)23(2)11-6-14-29(23)21(31)16-7-4-5-8-18(16)30-25-12-13-26-30/h4-5,7-10,12-13H,6,11,14H2,1-3H3. The Morgan fingerprint density at radius 3 is 2.65 bits per heavy atom. The van der Waals surface area contributed by atoms with E-state index in [-0.39, 0.29) is 5.91 Å². The number of aryl methyl sites for hydroxylation is 2. The Hall–Kier alpha value is -3.19. The molecule has 158 valence electrons. The van der Waals surface area contributed by atoms with Gasteiger partial charge in [-0.25, -0.2) is 4.98 Å². The van der Waals surface area contributed by atoms with Crippen molar-refractivity contribution in [1.82, 2.24) is 29.4 Å². The highest BCUT2D eigenvalue weighted by Gasteiger charge is 2.45. The van der Waals surface area contributed by atoms with E-state index in [1.165, 1.54) is 4.80 Å². The van der Waals surface area contributed by atoms with Crippen molar-refractivity contribution in [3.63, 3.8) is 0 Å². The molecule has 0 N–H and O–H groups in total. The second-order valence-corrected chi connectivity index (χ2v) is 8.61. The highest BCUT2D eigenvalue weighted by molar-refractivity contribution is 6.32. The summed E-state index contributed by atoms with van der Waals surface area (Å²) in [6, 6.07) is 11.3. The minimum absolute atomic E-state index is 0.0466. The van der Waals surface area contributed by atoms with Gasteiger partial charge in [0.05, 0.1) is 40.2 Å². The van der Waals surface area contributed by atoms with Crippen LogP contribution in [0, 0.1) is 6.92 Å². The predicted octanol–water partition coefficient (Wildman–Crippen LogP) is 4.27. The monoisotopic (exact) mass is 434 g/mol. The lowest BCUT2D eigenvalue weighted by molar-refractivity contribution is 0.0600. The van der Waals surface area contributed by atoms with Gasteiger partial charge in [-0.3, -0.25) is 4.79 Å². The molecule has 1 atom stereocenters. The van der Waals surface area contributed by atoms with Gasteiger partial charge in [-0.05, 0) is 56.5 Å². The number of nitrogens with zero attached hydrogens (tertiary/aromatic N) is 6. The van der Waals surface area contributed by atoms with Crippen LogP contribution in [0.25, 0.3) is 16.7 Å². The summed E-state index contributed by atoms with van der Waals surface area (Å²) < 4.78 is 2.09. The molecule has 8 heteroatoms. The Labute approximate surface area is 185 Å². The summed E-state index contributed by atoms with van der Waals surface area (Å²) in [6.07, 6.45) is 4.96. The van der Waals surface area contributed by atoms with Crippen molar-refractivity contribution in [2.45, 2.75) is 32.2 Å². The quantitative estimate of drug-likeness (QED) is 0.483. The molecular weight excluding hydrogens is 412 g/mol. The van der Waals surface area contributed by atoms with Gasteiger partial charge in [-0.2, -0.15) is 15.0 Å². The van der Waals surface area contributed by atoms with Crippen molar-refractivity contribution >= 4 is 28.5 Å². The molecule has 1 saturated heterocycles. The summed E-state index contributed by atoms with van der Waals surface area (Å²) in [4.78, 5) is 22.2. The predicted molar refractivity (Wildman–Crippen MR) is 119 cm³/mol. The van der Waals surface area contributed by atoms with Crippen LogP contribution in [0.3, 0.4) is 0 Å². The van der Waals surface area contributed by atoms with Gasteiger partial charge in [0.1, 0.15) is 5.82 Å². The molecule has 2 aromatic heterocycles. The zero-order valence-electron chi connectivity index (χ0n) is 17.7. The highest BCUT2D eigenvalue weighted by Crippen LogP contribution is 2.41. The Bertz CT molecular complexity index is 1300. The lowest BCUT2D eigenvalue weighted by atomic mass is 9.96. The van der Waals surface area contributed by atoms with E-state index in [1.807, 2.05) is 55.3 Å². The van der Waals surface area contributed by atoms with Crippen LogP contribution in [-0.2, 0) is 12.6 Å². The van der Waals surface area contributed by atoms with E-state index >= 15 is 0 Å². The zero-order valence-corrected chi connectivity index (χ0v) is 18.5. The molecule has 1 unspecified atom stereocenters. The SMILES string of the molecule is Cc1c(Cl)ccc2c1nc(C1(C)CCCN1C(=O)c1ccccc1-n1nccn1)n2C. The third-order valence-electron chi connectivity index (χ3n) is 6.38. The number of imidazole rings is 1. The van der Waals surface area contributed by atoms with E-state index in [0.717, 1.165) is 35.3 Å². The van der Waals surface area contributed by atoms with Crippen LogP contribution >= 0.6 is 11.6 Å². The topological polar surface area (TPSA) is 68.8 Å². The molecule has 7 nitrogen and oxygen atoms in total. The number of likely N-dealkylation sites (tertiary alicyclic amines) is 1. The molecule has 4 aromatic rings. The summed E-state index contributed by atoms with van der Waals surface area (Å²) >= 11 is 6.34. The van der Waals surface area contributed by atoms with Gasteiger partial charge < -0.3 is 9.47 Å². The third kappa shape index (κ3) is 2.95. The number of rotatable bonds is 3. The van der Waals surface area contributed by atoms with Gasteiger partial charge >= 0.3 is 0 Å². The van der Waals surface area contributed by atoms with Crippen LogP contribution in [0.2, 0.25) is 5.02 Å². The molecule has 1 amide bonds. The second-order valence-electron chi connectivity index (χ2n) is 8.20. The largest absolute Gasteiger partial charge is 0.329 e. The molecule has 0 radical (unpaired) electrons. The average molecular weight is 435 g/mol. The van der Waals surface area contributed by atoms with Crippen LogP contribution in [0.5, 0.6) is 0 Å². The fourth-order valence-corrected chi connectivity index (χ4v) is 4.84. The minimum atomic E-state index is -0.533. The Morgan fingerprint density at radius 1 is 1.13 bits per heavy atom. The maximum Gasteiger partial charge on any atom is 0.256 e. The first-order valence-corrected chi connectivity index (χ1v) is 10.7. The van der Waals surface area contributed by atoms with Gasteiger partial charge in [0.15, 0.2) is 0 Å². The van der Waals surface area contributed by atoms with Crippen molar-refractivity contribution < 1.29 is 4.79 Å². The molecule has 2 aromatic carbocycles. The number of aromatic nitrogens is 5. The van der Waals surface area contributed by atoms with Crippen LogP contribution in [0.4, 0.5) is 0 Å². The van der Waals surface area contributed by atoms with Crippen molar-refractivity contribution in [1.29, 1.82) is 0 Å². The molecule has 0 bridgehead atoms. The van der Waals surface area contributed by atoms with Crippen molar-refractivity contribution in [3.05, 3.63) is 70.8 Å². The number of amides is 1. The molecule has 1 aliphatic heterocycles. The molecule has 1 aliphatic rings. The average Bonchev–Trinajstić information content (AvgIpc) is 3.50. The summed E-state index contributed by atoms with van der Waals surface area (Å²) in [5.41, 5.74) is 3.55. The van der Waals surface area contributed by atoms with Crippen molar-refractivity contribution in [3.8, 4) is 5.69 Å². The molecule has 5 rings (SSSR count). The molecule has 3 heterocycles. The maximum absolute atomic E-state index is 13.8. The summed E-state index contributed by atoms with van der Waals surface area (Å²) in [5, 5.41) is 9.13. The summed E-state index contributed by atoms with van der Waals surface area (Å²) in [6.45, 7) is 4.75. The number of hydrogen-bond acceptors (Lipinski definition) is 4. The van der Waals surface area contributed by atoms with E-state index in [0.29, 0.717) is 22.8 Å². The zero-order chi connectivity index (χ0) is 21.8. The van der Waals surface area contributed by atoms with E-state index < -0.39 is 5.54 Å².